The molecule has 1 heterocycles. The molecule has 0 saturated heterocycles. The van der Waals surface area contributed by atoms with Gasteiger partial charge in [0, 0.05) is 16.9 Å². The van der Waals surface area contributed by atoms with E-state index in [4.69, 9.17) is 10.2 Å². The summed E-state index contributed by atoms with van der Waals surface area (Å²) in [5.41, 5.74) is 9.98. The topological polar surface area (TPSA) is 39.2 Å². The summed E-state index contributed by atoms with van der Waals surface area (Å²) in [6, 6.07) is 8.05. The van der Waals surface area contributed by atoms with E-state index in [-0.39, 0.29) is 5.92 Å². The lowest BCUT2D eigenvalue weighted by Crippen LogP contribution is -2.46. The minimum absolute atomic E-state index is 0.0105. The molecule has 0 aliphatic heterocycles. The van der Waals surface area contributed by atoms with Crippen LogP contribution in [0, 0.1) is 0 Å². The monoisotopic (exact) mass is 265 g/mol. The lowest BCUT2D eigenvalue weighted by molar-refractivity contribution is 0.510. The minimum Gasteiger partial charge on any atom is -0.456 e. The molecule has 1 aromatic heterocycles. The largest absolute Gasteiger partial charge is 0.456 e. The molecule has 102 valence electrons. The molecule has 3 rings (SSSR count). The highest BCUT2D eigenvalue weighted by atomic mass is 16.3. The zero-order chi connectivity index (χ0) is 14.5. The first kappa shape index (κ1) is 12.9. The van der Waals surface area contributed by atoms with Crippen molar-refractivity contribution in [2.45, 2.75) is 25.3 Å². The fourth-order valence-corrected chi connectivity index (χ4v) is 3.10. The van der Waals surface area contributed by atoms with Crippen molar-refractivity contribution in [2.75, 3.05) is 0 Å². The van der Waals surface area contributed by atoms with Crippen molar-refractivity contribution in [3.63, 3.8) is 0 Å². The third-order valence-electron chi connectivity index (χ3n) is 4.17. The molecule has 1 aromatic carbocycles. The Morgan fingerprint density at radius 1 is 1.25 bits per heavy atom. The quantitative estimate of drug-likeness (QED) is 0.818. The maximum atomic E-state index is 6.62. The molecule has 0 bridgehead atoms. The Hall–Kier alpha value is -2.06. The molecule has 0 amide bonds. The summed E-state index contributed by atoms with van der Waals surface area (Å²) >= 11 is 0. The van der Waals surface area contributed by atoms with Crippen LogP contribution in [0.2, 0.25) is 0 Å². The second kappa shape index (κ2) is 4.22. The van der Waals surface area contributed by atoms with Gasteiger partial charge in [0.15, 0.2) is 0 Å². The average Bonchev–Trinajstić information content (AvgIpc) is 2.76. The summed E-state index contributed by atoms with van der Waals surface area (Å²) in [6.45, 7) is 12.2. The van der Waals surface area contributed by atoms with E-state index < -0.39 is 5.54 Å². The smallest absolute Gasteiger partial charge is 0.135 e. The van der Waals surface area contributed by atoms with Crippen LogP contribution in [0.5, 0.6) is 0 Å². The molecule has 2 N–H and O–H groups in total. The van der Waals surface area contributed by atoms with Crippen LogP contribution in [0.3, 0.4) is 0 Å². The highest BCUT2D eigenvalue weighted by Gasteiger charge is 2.41. The van der Waals surface area contributed by atoms with Gasteiger partial charge in [-0.1, -0.05) is 48.6 Å². The van der Waals surface area contributed by atoms with Gasteiger partial charge in [0.1, 0.15) is 11.3 Å². The van der Waals surface area contributed by atoms with Gasteiger partial charge in [0.25, 0.3) is 0 Å². The van der Waals surface area contributed by atoms with Crippen LogP contribution in [0.4, 0.5) is 0 Å². The van der Waals surface area contributed by atoms with Crippen molar-refractivity contribution in [1.29, 1.82) is 0 Å². The Kier molecular flexibility index (Phi) is 2.73. The molecule has 20 heavy (non-hydrogen) atoms. The molecular weight excluding hydrogens is 246 g/mol. The molecule has 2 unspecified atom stereocenters. The van der Waals surface area contributed by atoms with Gasteiger partial charge in [-0.3, -0.25) is 0 Å². The summed E-state index contributed by atoms with van der Waals surface area (Å²) in [6.07, 6.45) is 3.95. The van der Waals surface area contributed by atoms with E-state index in [1.54, 1.807) is 0 Å². The molecule has 0 fully saturated rings. The third kappa shape index (κ3) is 1.61. The van der Waals surface area contributed by atoms with Crippen LogP contribution in [0.1, 0.15) is 31.1 Å². The molecule has 2 nitrogen and oxygen atoms in total. The van der Waals surface area contributed by atoms with Gasteiger partial charge in [-0.25, -0.2) is 0 Å². The molecule has 0 radical (unpaired) electrons. The standard InChI is InChI=1S/C18H19NO/c1-11(2)17-16-13-7-5-6-8-14(13)20-15(16)9-10-18(17,19)12(3)4/h5-10,17H,1,3,19H2,2,4H3. The van der Waals surface area contributed by atoms with Crippen molar-refractivity contribution in [2.24, 2.45) is 5.73 Å². The van der Waals surface area contributed by atoms with Crippen molar-refractivity contribution in [1.82, 2.24) is 0 Å². The number of para-hydroxylation sites is 1. The molecule has 2 atom stereocenters. The number of furan rings is 1. The molecular formula is C18H19NO. The van der Waals surface area contributed by atoms with Crippen LogP contribution in [0.25, 0.3) is 17.0 Å². The Balaban J connectivity index is 2.35. The molecule has 2 heteroatoms. The number of fused-ring (bicyclic) bond motifs is 3. The molecule has 1 aliphatic rings. The minimum atomic E-state index is -0.606. The second-order valence-electron chi connectivity index (χ2n) is 5.70. The van der Waals surface area contributed by atoms with Crippen molar-refractivity contribution < 1.29 is 4.42 Å². The summed E-state index contributed by atoms with van der Waals surface area (Å²) in [7, 11) is 0. The average molecular weight is 265 g/mol. The lowest BCUT2D eigenvalue weighted by Gasteiger charge is -2.38. The van der Waals surface area contributed by atoms with Crippen LogP contribution in [-0.4, -0.2) is 5.54 Å². The van der Waals surface area contributed by atoms with E-state index in [2.05, 4.69) is 19.2 Å². The highest BCUT2D eigenvalue weighted by molar-refractivity contribution is 5.87. The first-order valence-electron chi connectivity index (χ1n) is 6.76. The zero-order valence-corrected chi connectivity index (χ0v) is 11.9. The van der Waals surface area contributed by atoms with Crippen LogP contribution in [0.15, 0.2) is 59.1 Å². The summed E-state index contributed by atoms with van der Waals surface area (Å²) in [5, 5.41) is 1.11. The van der Waals surface area contributed by atoms with Gasteiger partial charge in [0.2, 0.25) is 0 Å². The van der Waals surface area contributed by atoms with E-state index in [0.29, 0.717) is 0 Å². The van der Waals surface area contributed by atoms with Gasteiger partial charge in [-0.2, -0.15) is 0 Å². The number of hydrogen-bond donors (Lipinski definition) is 1. The normalized spacial score (nSPS) is 24.6. The summed E-state index contributed by atoms with van der Waals surface area (Å²) < 4.78 is 5.93. The number of benzene rings is 1. The molecule has 2 aromatic rings. The van der Waals surface area contributed by atoms with Crippen LogP contribution >= 0.6 is 0 Å². The fourth-order valence-electron chi connectivity index (χ4n) is 3.10. The molecule has 0 saturated carbocycles. The number of rotatable bonds is 2. The highest BCUT2D eigenvalue weighted by Crippen LogP contribution is 2.46. The maximum Gasteiger partial charge on any atom is 0.135 e. The Bertz CT molecular complexity index is 750. The SMILES string of the molecule is C=C(C)C1c2c(oc3ccccc23)C=CC1(N)C(=C)C. The van der Waals surface area contributed by atoms with E-state index in [9.17, 15) is 0 Å². The fraction of sp³-hybridized carbons (Fsp3) is 0.222. The van der Waals surface area contributed by atoms with E-state index in [0.717, 1.165) is 33.4 Å². The molecule has 1 aliphatic carbocycles. The number of hydrogen-bond acceptors (Lipinski definition) is 2. The zero-order valence-electron chi connectivity index (χ0n) is 11.9. The van der Waals surface area contributed by atoms with Gasteiger partial charge in [-0.15, -0.1) is 0 Å². The van der Waals surface area contributed by atoms with Crippen LogP contribution < -0.4 is 5.73 Å². The maximum absolute atomic E-state index is 6.62. The Labute approximate surface area is 119 Å². The summed E-state index contributed by atoms with van der Waals surface area (Å²) in [5.74, 6) is 0.866. The van der Waals surface area contributed by atoms with Crippen molar-refractivity contribution in [3.05, 3.63) is 66.0 Å². The first-order valence-corrected chi connectivity index (χ1v) is 6.76. The Morgan fingerprint density at radius 2 is 1.95 bits per heavy atom. The van der Waals surface area contributed by atoms with Crippen molar-refractivity contribution in [3.8, 4) is 0 Å². The first-order chi connectivity index (χ1) is 9.45. The number of nitrogens with two attached hydrogens (primary N) is 1. The van der Waals surface area contributed by atoms with Gasteiger partial charge >= 0.3 is 0 Å². The van der Waals surface area contributed by atoms with Gasteiger partial charge < -0.3 is 10.2 Å². The van der Waals surface area contributed by atoms with E-state index in [1.807, 2.05) is 44.2 Å². The van der Waals surface area contributed by atoms with E-state index in [1.165, 1.54) is 0 Å². The van der Waals surface area contributed by atoms with Gasteiger partial charge in [-0.05, 0) is 26.0 Å². The van der Waals surface area contributed by atoms with Gasteiger partial charge in [0.05, 0.1) is 5.54 Å². The molecule has 0 spiro atoms. The second-order valence-corrected chi connectivity index (χ2v) is 5.70. The predicted octanol–water partition coefficient (Wildman–Crippen LogP) is 4.39. The summed E-state index contributed by atoms with van der Waals surface area (Å²) in [4.78, 5) is 0. The lowest BCUT2D eigenvalue weighted by atomic mass is 9.69. The van der Waals surface area contributed by atoms with E-state index >= 15 is 0 Å². The predicted molar refractivity (Wildman–Crippen MR) is 84.5 cm³/mol. The third-order valence-corrected chi connectivity index (χ3v) is 4.17. The van der Waals surface area contributed by atoms with Crippen LogP contribution in [-0.2, 0) is 0 Å². The van der Waals surface area contributed by atoms with Crippen molar-refractivity contribution >= 4 is 17.0 Å². The Morgan fingerprint density at radius 3 is 2.60 bits per heavy atom.